The molecular formula is C9H17NO3. The summed E-state index contributed by atoms with van der Waals surface area (Å²) in [6, 6.07) is 0. The van der Waals surface area contributed by atoms with Crippen LogP contribution in [0.5, 0.6) is 0 Å². The maximum Gasteiger partial charge on any atom is 0.249 e. The lowest BCUT2D eigenvalue weighted by molar-refractivity contribution is -0.150. The van der Waals surface area contributed by atoms with Crippen LogP contribution in [-0.4, -0.2) is 16.9 Å². The maximum absolute atomic E-state index is 11.3. The molecule has 76 valence electrons. The maximum atomic E-state index is 11.3. The number of hydrogen-bond donors (Lipinski definition) is 2. The van der Waals surface area contributed by atoms with E-state index in [4.69, 9.17) is 5.21 Å². The highest BCUT2D eigenvalue weighted by Crippen LogP contribution is 2.39. The Morgan fingerprint density at radius 3 is 1.69 bits per heavy atom. The highest BCUT2D eigenvalue weighted by atomic mass is 16.5. The van der Waals surface area contributed by atoms with E-state index in [9.17, 15) is 9.59 Å². The molecule has 0 aromatic carbocycles. The van der Waals surface area contributed by atoms with Gasteiger partial charge in [-0.25, -0.2) is 5.48 Å². The molecule has 0 atom stereocenters. The van der Waals surface area contributed by atoms with E-state index in [-0.39, 0.29) is 5.78 Å². The Bertz CT molecular complexity index is 231. The van der Waals surface area contributed by atoms with Gasteiger partial charge in [-0.15, -0.1) is 0 Å². The zero-order valence-corrected chi connectivity index (χ0v) is 8.76. The Kier molecular flexibility index (Phi) is 3.22. The lowest BCUT2D eigenvalue weighted by Crippen LogP contribution is -2.48. The third kappa shape index (κ3) is 1.88. The van der Waals surface area contributed by atoms with E-state index < -0.39 is 16.7 Å². The van der Waals surface area contributed by atoms with Crippen molar-refractivity contribution in [2.45, 2.75) is 34.6 Å². The molecule has 0 unspecified atom stereocenters. The summed E-state index contributed by atoms with van der Waals surface area (Å²) in [7, 11) is 0. The summed E-state index contributed by atoms with van der Waals surface area (Å²) in [5.41, 5.74) is -0.140. The van der Waals surface area contributed by atoms with Crippen molar-refractivity contribution in [3.05, 3.63) is 0 Å². The van der Waals surface area contributed by atoms with Gasteiger partial charge in [-0.2, -0.15) is 0 Å². The van der Waals surface area contributed by atoms with Crippen LogP contribution in [0.1, 0.15) is 34.6 Å². The lowest BCUT2D eigenvalue weighted by Gasteiger charge is -2.37. The Balaban J connectivity index is 5.02. The summed E-state index contributed by atoms with van der Waals surface area (Å²) in [4.78, 5) is 22.5. The van der Waals surface area contributed by atoms with Gasteiger partial charge in [0, 0.05) is 5.41 Å². The fourth-order valence-electron chi connectivity index (χ4n) is 0.864. The van der Waals surface area contributed by atoms with Crippen molar-refractivity contribution in [2.75, 3.05) is 0 Å². The van der Waals surface area contributed by atoms with Crippen LogP contribution in [0.25, 0.3) is 0 Å². The third-order valence-corrected chi connectivity index (χ3v) is 3.11. The smallest absolute Gasteiger partial charge is 0.249 e. The molecule has 0 saturated heterocycles. The first-order valence-electron chi connectivity index (χ1n) is 4.13. The standard InChI is InChI=1S/C9H17NO3/c1-6(11)8(2,3)9(4,5)7(12)10-13/h13H,1-5H3,(H,10,12). The zero-order valence-electron chi connectivity index (χ0n) is 8.76. The first-order valence-corrected chi connectivity index (χ1v) is 4.13. The number of carbonyl (C=O) groups is 2. The van der Waals surface area contributed by atoms with E-state index in [2.05, 4.69) is 0 Å². The Labute approximate surface area is 78.3 Å². The number of nitrogens with one attached hydrogen (secondary N) is 1. The van der Waals surface area contributed by atoms with Gasteiger partial charge in [-0.1, -0.05) is 13.8 Å². The Hall–Kier alpha value is -0.900. The number of ketones is 1. The number of amides is 1. The summed E-state index contributed by atoms with van der Waals surface area (Å²) in [6.07, 6.45) is 0. The molecule has 4 heteroatoms. The van der Waals surface area contributed by atoms with Crippen molar-refractivity contribution in [1.82, 2.24) is 5.48 Å². The second-order valence-electron chi connectivity index (χ2n) is 4.25. The monoisotopic (exact) mass is 187 g/mol. The van der Waals surface area contributed by atoms with E-state index in [1.807, 2.05) is 0 Å². The largest absolute Gasteiger partial charge is 0.299 e. The Morgan fingerprint density at radius 2 is 1.46 bits per heavy atom. The summed E-state index contributed by atoms with van der Waals surface area (Å²) >= 11 is 0. The van der Waals surface area contributed by atoms with Crippen LogP contribution in [0.4, 0.5) is 0 Å². The normalized spacial score (nSPS) is 12.5. The van der Waals surface area contributed by atoms with Gasteiger partial charge in [0.1, 0.15) is 5.78 Å². The molecule has 0 rings (SSSR count). The summed E-state index contributed by atoms with van der Waals surface area (Å²) < 4.78 is 0. The van der Waals surface area contributed by atoms with E-state index in [1.165, 1.54) is 6.92 Å². The molecule has 0 aliphatic heterocycles. The van der Waals surface area contributed by atoms with Gasteiger partial charge in [0.05, 0.1) is 5.41 Å². The second kappa shape index (κ2) is 3.46. The van der Waals surface area contributed by atoms with Crippen molar-refractivity contribution < 1.29 is 14.8 Å². The number of hydrogen-bond acceptors (Lipinski definition) is 3. The average Bonchev–Trinajstić information content (AvgIpc) is 2.02. The minimum absolute atomic E-state index is 0.0823. The minimum Gasteiger partial charge on any atom is -0.299 e. The molecule has 0 saturated carbocycles. The number of Topliss-reactive ketones (excluding diaryl/α,β-unsaturated/α-hetero) is 1. The van der Waals surface area contributed by atoms with E-state index >= 15 is 0 Å². The molecule has 0 aliphatic carbocycles. The fraction of sp³-hybridized carbons (Fsp3) is 0.778. The van der Waals surface area contributed by atoms with Gasteiger partial charge in [-0.3, -0.25) is 14.8 Å². The van der Waals surface area contributed by atoms with Crippen LogP contribution >= 0.6 is 0 Å². The van der Waals surface area contributed by atoms with Crippen LogP contribution in [0.2, 0.25) is 0 Å². The van der Waals surface area contributed by atoms with E-state index in [1.54, 1.807) is 33.2 Å². The molecular weight excluding hydrogens is 170 g/mol. The predicted octanol–water partition coefficient (Wildman–Crippen LogP) is 1.13. The SMILES string of the molecule is CC(=O)C(C)(C)C(C)(C)C(=O)NO. The average molecular weight is 187 g/mol. The van der Waals surface area contributed by atoms with Gasteiger partial charge in [-0.05, 0) is 20.8 Å². The third-order valence-electron chi connectivity index (χ3n) is 3.11. The van der Waals surface area contributed by atoms with Crippen molar-refractivity contribution in [3.8, 4) is 0 Å². The quantitative estimate of drug-likeness (QED) is 0.514. The fourth-order valence-corrected chi connectivity index (χ4v) is 0.864. The van der Waals surface area contributed by atoms with Crippen LogP contribution in [0.3, 0.4) is 0 Å². The van der Waals surface area contributed by atoms with Gasteiger partial charge >= 0.3 is 0 Å². The number of carbonyl (C=O) groups excluding carboxylic acids is 2. The van der Waals surface area contributed by atoms with E-state index in [0.29, 0.717) is 0 Å². The molecule has 0 bridgehead atoms. The topological polar surface area (TPSA) is 66.4 Å². The molecule has 0 spiro atoms. The minimum atomic E-state index is -0.923. The van der Waals surface area contributed by atoms with Crippen LogP contribution in [0, 0.1) is 10.8 Å². The van der Waals surface area contributed by atoms with Crippen molar-refractivity contribution in [3.63, 3.8) is 0 Å². The molecule has 13 heavy (non-hydrogen) atoms. The van der Waals surface area contributed by atoms with Crippen molar-refractivity contribution in [2.24, 2.45) is 10.8 Å². The second-order valence-corrected chi connectivity index (χ2v) is 4.25. The molecule has 0 fully saturated rings. The highest BCUT2D eigenvalue weighted by Gasteiger charge is 2.46. The number of rotatable bonds is 3. The van der Waals surface area contributed by atoms with Gasteiger partial charge in [0.2, 0.25) is 5.91 Å². The van der Waals surface area contributed by atoms with Gasteiger partial charge < -0.3 is 0 Å². The van der Waals surface area contributed by atoms with Crippen LogP contribution < -0.4 is 5.48 Å². The summed E-state index contributed by atoms with van der Waals surface area (Å²) in [6.45, 7) is 8.06. The van der Waals surface area contributed by atoms with Crippen molar-refractivity contribution in [1.29, 1.82) is 0 Å². The first kappa shape index (κ1) is 12.1. The Morgan fingerprint density at radius 1 is 1.08 bits per heavy atom. The molecule has 2 N–H and O–H groups in total. The molecule has 1 amide bonds. The molecule has 0 aromatic heterocycles. The molecule has 0 heterocycles. The zero-order chi connectivity index (χ0) is 10.9. The van der Waals surface area contributed by atoms with Gasteiger partial charge in [0.15, 0.2) is 0 Å². The first-order chi connectivity index (χ1) is 5.67. The van der Waals surface area contributed by atoms with Crippen LogP contribution in [-0.2, 0) is 9.59 Å². The lowest BCUT2D eigenvalue weighted by atomic mass is 9.65. The molecule has 4 nitrogen and oxygen atoms in total. The molecule has 0 aromatic rings. The van der Waals surface area contributed by atoms with E-state index in [0.717, 1.165) is 0 Å². The van der Waals surface area contributed by atoms with Gasteiger partial charge in [0.25, 0.3) is 0 Å². The predicted molar refractivity (Wildman–Crippen MR) is 48.2 cm³/mol. The summed E-state index contributed by atoms with van der Waals surface area (Å²) in [5, 5.41) is 8.50. The highest BCUT2D eigenvalue weighted by molar-refractivity contribution is 5.91. The molecule has 0 radical (unpaired) electrons. The number of hydroxylamine groups is 1. The van der Waals surface area contributed by atoms with Crippen molar-refractivity contribution >= 4 is 11.7 Å². The molecule has 0 aliphatic rings. The van der Waals surface area contributed by atoms with Crippen LogP contribution in [0.15, 0.2) is 0 Å². The summed E-state index contributed by atoms with van der Waals surface area (Å²) in [5.74, 6) is -0.631.